The van der Waals surface area contributed by atoms with E-state index in [1.807, 2.05) is 29.6 Å². The van der Waals surface area contributed by atoms with E-state index >= 15 is 0 Å². The lowest BCUT2D eigenvalue weighted by Gasteiger charge is -2.26. The molecule has 0 saturated heterocycles. The highest BCUT2D eigenvalue weighted by molar-refractivity contribution is 7.14. The molecule has 0 bridgehead atoms. The SMILES string of the molecule is COc1ccc(CC(=O)Nc2nc(-c3ccc4c(c3)C(NC(C)=O)CCO4)cs2)cc1OC. The Morgan fingerprint density at radius 2 is 1.97 bits per heavy atom. The number of aromatic nitrogens is 1. The summed E-state index contributed by atoms with van der Waals surface area (Å²) in [6, 6.07) is 11.1. The summed E-state index contributed by atoms with van der Waals surface area (Å²) in [6.45, 7) is 2.07. The van der Waals surface area contributed by atoms with Gasteiger partial charge in [-0.05, 0) is 35.9 Å². The molecule has 0 saturated carbocycles. The lowest BCUT2D eigenvalue weighted by Crippen LogP contribution is -2.30. The molecule has 3 aromatic rings. The lowest BCUT2D eigenvalue weighted by atomic mass is 9.97. The number of amides is 2. The van der Waals surface area contributed by atoms with Gasteiger partial charge >= 0.3 is 0 Å². The molecule has 1 aromatic heterocycles. The molecule has 0 aliphatic carbocycles. The van der Waals surface area contributed by atoms with Gasteiger partial charge in [0.1, 0.15) is 5.75 Å². The number of nitrogens with zero attached hydrogens (tertiary/aromatic N) is 1. The standard InChI is InChI=1S/C24H25N3O5S/c1-14(28)25-18-8-9-32-20-7-5-16(12-17(18)20)19-13-33-24(26-19)27-23(29)11-15-4-6-21(30-2)22(10-15)31-3/h4-7,10,12-13,18H,8-9,11H2,1-3H3,(H,25,28)(H,26,27,29). The van der Waals surface area contributed by atoms with Crippen LogP contribution in [0.3, 0.4) is 0 Å². The van der Waals surface area contributed by atoms with Crippen LogP contribution in [0, 0.1) is 0 Å². The van der Waals surface area contributed by atoms with Crippen molar-refractivity contribution in [2.45, 2.75) is 25.8 Å². The number of hydrogen-bond donors (Lipinski definition) is 2. The molecule has 33 heavy (non-hydrogen) atoms. The summed E-state index contributed by atoms with van der Waals surface area (Å²) in [5, 5.41) is 8.24. The van der Waals surface area contributed by atoms with Crippen molar-refractivity contribution in [2.75, 3.05) is 26.1 Å². The zero-order chi connectivity index (χ0) is 23.4. The van der Waals surface area contributed by atoms with Crippen LogP contribution in [0.5, 0.6) is 17.2 Å². The van der Waals surface area contributed by atoms with E-state index in [0.29, 0.717) is 29.7 Å². The normalized spacial score (nSPS) is 14.6. The number of thiazole rings is 1. The molecule has 8 nitrogen and oxygen atoms in total. The number of carbonyl (C=O) groups excluding carboxylic acids is 2. The summed E-state index contributed by atoms with van der Waals surface area (Å²) in [5.74, 6) is 1.71. The third kappa shape index (κ3) is 5.25. The predicted octanol–water partition coefficient (Wildman–Crippen LogP) is 3.97. The highest BCUT2D eigenvalue weighted by Crippen LogP contribution is 2.36. The zero-order valence-electron chi connectivity index (χ0n) is 18.6. The molecule has 172 valence electrons. The third-order valence-corrected chi connectivity index (χ3v) is 6.04. The summed E-state index contributed by atoms with van der Waals surface area (Å²) in [4.78, 5) is 28.7. The fraction of sp³-hybridized carbons (Fsp3) is 0.292. The number of carbonyl (C=O) groups is 2. The molecule has 2 heterocycles. The van der Waals surface area contributed by atoms with Crippen LogP contribution < -0.4 is 24.8 Å². The van der Waals surface area contributed by atoms with Crippen molar-refractivity contribution < 1.29 is 23.8 Å². The molecule has 1 aliphatic heterocycles. The number of fused-ring (bicyclic) bond motifs is 1. The van der Waals surface area contributed by atoms with Crippen LogP contribution in [-0.2, 0) is 16.0 Å². The van der Waals surface area contributed by atoms with Gasteiger partial charge in [0.25, 0.3) is 0 Å². The Morgan fingerprint density at radius 1 is 1.15 bits per heavy atom. The maximum absolute atomic E-state index is 12.5. The Kier molecular flexibility index (Phi) is 6.79. The first kappa shape index (κ1) is 22.6. The monoisotopic (exact) mass is 467 g/mol. The van der Waals surface area contributed by atoms with E-state index in [0.717, 1.165) is 28.1 Å². The second-order valence-electron chi connectivity index (χ2n) is 7.60. The van der Waals surface area contributed by atoms with Gasteiger partial charge in [-0.15, -0.1) is 11.3 Å². The largest absolute Gasteiger partial charge is 0.493 e. The second kappa shape index (κ2) is 9.91. The van der Waals surface area contributed by atoms with E-state index in [-0.39, 0.29) is 24.3 Å². The zero-order valence-corrected chi connectivity index (χ0v) is 19.5. The van der Waals surface area contributed by atoms with Crippen molar-refractivity contribution in [3.63, 3.8) is 0 Å². The maximum Gasteiger partial charge on any atom is 0.230 e. The van der Waals surface area contributed by atoms with Crippen LogP contribution in [0.1, 0.15) is 30.5 Å². The number of ether oxygens (including phenoxy) is 3. The van der Waals surface area contributed by atoms with Gasteiger partial charge in [-0.3, -0.25) is 9.59 Å². The van der Waals surface area contributed by atoms with Gasteiger partial charge < -0.3 is 24.8 Å². The molecular formula is C24H25N3O5S. The Hall–Kier alpha value is -3.59. The minimum atomic E-state index is -0.173. The van der Waals surface area contributed by atoms with Gasteiger partial charge in [0.05, 0.1) is 39.0 Å². The van der Waals surface area contributed by atoms with E-state index in [4.69, 9.17) is 14.2 Å². The molecule has 0 radical (unpaired) electrons. The highest BCUT2D eigenvalue weighted by atomic mass is 32.1. The van der Waals surface area contributed by atoms with Gasteiger partial charge in [0.2, 0.25) is 11.8 Å². The fourth-order valence-electron chi connectivity index (χ4n) is 3.75. The van der Waals surface area contributed by atoms with E-state index < -0.39 is 0 Å². The molecule has 2 N–H and O–H groups in total. The third-order valence-electron chi connectivity index (χ3n) is 5.29. The molecule has 2 amide bonds. The van der Waals surface area contributed by atoms with E-state index in [1.54, 1.807) is 26.4 Å². The molecule has 2 aromatic carbocycles. The van der Waals surface area contributed by atoms with Crippen molar-refractivity contribution in [3.05, 3.63) is 52.9 Å². The summed E-state index contributed by atoms with van der Waals surface area (Å²) >= 11 is 1.36. The first-order valence-corrected chi connectivity index (χ1v) is 11.3. The molecule has 1 aliphatic rings. The summed E-state index contributed by atoms with van der Waals surface area (Å²) in [6.07, 6.45) is 0.897. The van der Waals surface area contributed by atoms with Crippen molar-refractivity contribution in [2.24, 2.45) is 0 Å². The summed E-state index contributed by atoms with van der Waals surface area (Å²) in [7, 11) is 3.13. The smallest absolute Gasteiger partial charge is 0.230 e. The number of rotatable bonds is 7. The number of hydrogen-bond acceptors (Lipinski definition) is 7. The van der Waals surface area contributed by atoms with Crippen molar-refractivity contribution in [3.8, 4) is 28.5 Å². The quantitative estimate of drug-likeness (QED) is 0.546. The molecule has 0 spiro atoms. The van der Waals surface area contributed by atoms with Gasteiger partial charge in [0.15, 0.2) is 16.6 Å². The second-order valence-corrected chi connectivity index (χ2v) is 8.45. The Morgan fingerprint density at radius 3 is 2.73 bits per heavy atom. The van der Waals surface area contributed by atoms with Gasteiger partial charge in [-0.2, -0.15) is 0 Å². The molecule has 0 fully saturated rings. The lowest BCUT2D eigenvalue weighted by molar-refractivity contribution is -0.120. The average Bonchev–Trinajstić information content (AvgIpc) is 3.26. The molecule has 1 unspecified atom stereocenters. The highest BCUT2D eigenvalue weighted by Gasteiger charge is 2.23. The van der Waals surface area contributed by atoms with E-state index in [1.165, 1.54) is 18.3 Å². The summed E-state index contributed by atoms with van der Waals surface area (Å²) < 4.78 is 16.3. The fourth-order valence-corrected chi connectivity index (χ4v) is 4.49. The van der Waals surface area contributed by atoms with Gasteiger partial charge in [-0.1, -0.05) is 6.07 Å². The predicted molar refractivity (Wildman–Crippen MR) is 126 cm³/mol. The number of anilines is 1. The molecule has 4 rings (SSSR count). The number of benzene rings is 2. The number of nitrogens with one attached hydrogen (secondary N) is 2. The topological polar surface area (TPSA) is 98.8 Å². The minimum absolute atomic E-state index is 0.0774. The van der Waals surface area contributed by atoms with Gasteiger partial charge in [-0.25, -0.2) is 4.98 Å². The van der Waals surface area contributed by atoms with Crippen LogP contribution in [0.15, 0.2) is 41.8 Å². The van der Waals surface area contributed by atoms with Gasteiger partial charge in [0, 0.05) is 29.9 Å². The van der Waals surface area contributed by atoms with Crippen molar-refractivity contribution in [1.29, 1.82) is 0 Å². The Labute approximate surface area is 195 Å². The first-order chi connectivity index (χ1) is 16.0. The molecule has 9 heteroatoms. The van der Waals surface area contributed by atoms with Crippen molar-refractivity contribution in [1.82, 2.24) is 10.3 Å². The summed E-state index contributed by atoms with van der Waals surface area (Å²) in [5.41, 5.74) is 3.38. The minimum Gasteiger partial charge on any atom is -0.493 e. The van der Waals surface area contributed by atoms with Crippen LogP contribution in [0.4, 0.5) is 5.13 Å². The Bertz CT molecular complexity index is 1180. The number of methoxy groups -OCH3 is 2. The average molecular weight is 468 g/mol. The van der Waals surface area contributed by atoms with Crippen LogP contribution in [0.2, 0.25) is 0 Å². The van der Waals surface area contributed by atoms with Crippen LogP contribution >= 0.6 is 11.3 Å². The molecule has 1 atom stereocenters. The van der Waals surface area contributed by atoms with E-state index in [9.17, 15) is 9.59 Å². The maximum atomic E-state index is 12.5. The molecular weight excluding hydrogens is 442 g/mol. The van der Waals surface area contributed by atoms with Crippen molar-refractivity contribution >= 4 is 28.3 Å². The van der Waals surface area contributed by atoms with Crippen LogP contribution in [0.25, 0.3) is 11.3 Å². The first-order valence-electron chi connectivity index (χ1n) is 10.5. The van der Waals surface area contributed by atoms with Crippen LogP contribution in [-0.4, -0.2) is 37.6 Å². The van der Waals surface area contributed by atoms with E-state index in [2.05, 4.69) is 15.6 Å². The Balaban J connectivity index is 1.46.